The maximum atomic E-state index is 12.3. The van der Waals surface area contributed by atoms with Crippen LogP contribution in [0.1, 0.15) is 12.8 Å². The van der Waals surface area contributed by atoms with Crippen LogP contribution in [0.2, 0.25) is 0 Å². The van der Waals surface area contributed by atoms with Crippen LogP contribution in [-0.2, 0) is 9.59 Å². The fourth-order valence-corrected chi connectivity index (χ4v) is 2.50. The Kier molecular flexibility index (Phi) is 5.59. The van der Waals surface area contributed by atoms with Gasteiger partial charge in [-0.05, 0) is 31.5 Å². The Morgan fingerprint density at radius 3 is 2.57 bits per heavy atom. The van der Waals surface area contributed by atoms with E-state index < -0.39 is 24.7 Å². The molecular formula is C15H18F3N3O2. The Hall–Kier alpha value is -2.09. The molecule has 1 atom stereocenters. The molecule has 0 aliphatic carbocycles. The van der Waals surface area contributed by atoms with Crippen molar-refractivity contribution in [3.8, 4) is 0 Å². The number of benzene rings is 1. The predicted octanol–water partition coefficient (Wildman–Crippen LogP) is 1.77. The van der Waals surface area contributed by atoms with E-state index >= 15 is 0 Å². The maximum Gasteiger partial charge on any atom is 0.405 e. The molecule has 0 aromatic heterocycles. The van der Waals surface area contributed by atoms with E-state index in [1.165, 1.54) is 0 Å². The minimum Gasteiger partial charge on any atom is -0.346 e. The van der Waals surface area contributed by atoms with Crippen molar-refractivity contribution in [1.29, 1.82) is 0 Å². The van der Waals surface area contributed by atoms with Gasteiger partial charge in [0, 0.05) is 5.69 Å². The third-order valence-corrected chi connectivity index (χ3v) is 3.54. The van der Waals surface area contributed by atoms with Gasteiger partial charge in [-0.3, -0.25) is 14.5 Å². The zero-order chi connectivity index (χ0) is 16.9. The predicted molar refractivity (Wildman–Crippen MR) is 78.7 cm³/mol. The van der Waals surface area contributed by atoms with E-state index in [2.05, 4.69) is 5.32 Å². The quantitative estimate of drug-likeness (QED) is 0.865. The van der Waals surface area contributed by atoms with Crippen LogP contribution in [0, 0.1) is 0 Å². The molecule has 0 spiro atoms. The van der Waals surface area contributed by atoms with E-state index in [9.17, 15) is 22.8 Å². The average Bonchev–Trinajstić information content (AvgIpc) is 2.94. The molecule has 5 nitrogen and oxygen atoms in total. The van der Waals surface area contributed by atoms with Gasteiger partial charge in [-0.1, -0.05) is 18.2 Å². The second-order valence-corrected chi connectivity index (χ2v) is 5.38. The zero-order valence-electron chi connectivity index (χ0n) is 12.4. The largest absolute Gasteiger partial charge is 0.405 e. The molecule has 126 valence electrons. The lowest BCUT2D eigenvalue weighted by Gasteiger charge is -2.23. The lowest BCUT2D eigenvalue weighted by atomic mass is 10.2. The highest BCUT2D eigenvalue weighted by molar-refractivity contribution is 5.95. The number of amides is 2. The Morgan fingerprint density at radius 1 is 1.22 bits per heavy atom. The first-order valence-corrected chi connectivity index (χ1v) is 7.28. The number of hydrogen-bond acceptors (Lipinski definition) is 3. The molecule has 1 aromatic carbocycles. The first kappa shape index (κ1) is 17.3. The topological polar surface area (TPSA) is 61.4 Å². The molecule has 2 N–H and O–H groups in total. The summed E-state index contributed by atoms with van der Waals surface area (Å²) in [4.78, 5) is 25.4. The maximum absolute atomic E-state index is 12.3. The SMILES string of the molecule is O=C(CN1CCCC1C(=O)Nc1ccccc1)NCC(F)(F)F. The Morgan fingerprint density at radius 2 is 1.91 bits per heavy atom. The molecule has 23 heavy (non-hydrogen) atoms. The van der Waals surface area contributed by atoms with Gasteiger partial charge in [0.2, 0.25) is 11.8 Å². The lowest BCUT2D eigenvalue weighted by Crippen LogP contribution is -2.46. The number of anilines is 1. The van der Waals surface area contributed by atoms with Crippen LogP contribution in [0.25, 0.3) is 0 Å². The van der Waals surface area contributed by atoms with Gasteiger partial charge in [0.1, 0.15) is 6.54 Å². The van der Waals surface area contributed by atoms with Gasteiger partial charge in [0.05, 0.1) is 12.6 Å². The van der Waals surface area contributed by atoms with E-state index in [1.807, 2.05) is 11.4 Å². The summed E-state index contributed by atoms with van der Waals surface area (Å²) in [6.07, 6.45) is -3.14. The molecule has 1 aromatic rings. The van der Waals surface area contributed by atoms with Crippen molar-refractivity contribution in [2.75, 3.05) is 25.0 Å². The van der Waals surface area contributed by atoms with Crippen LogP contribution >= 0.6 is 0 Å². The van der Waals surface area contributed by atoms with Gasteiger partial charge in [-0.25, -0.2) is 0 Å². The first-order valence-electron chi connectivity index (χ1n) is 7.28. The molecule has 0 bridgehead atoms. The third-order valence-electron chi connectivity index (χ3n) is 3.54. The number of para-hydroxylation sites is 1. The fourth-order valence-electron chi connectivity index (χ4n) is 2.50. The second kappa shape index (κ2) is 7.45. The van der Waals surface area contributed by atoms with Gasteiger partial charge >= 0.3 is 6.18 Å². The minimum absolute atomic E-state index is 0.219. The van der Waals surface area contributed by atoms with E-state index in [0.29, 0.717) is 18.7 Å². The summed E-state index contributed by atoms with van der Waals surface area (Å²) in [6.45, 7) is -1.07. The van der Waals surface area contributed by atoms with Crippen molar-refractivity contribution in [1.82, 2.24) is 10.2 Å². The summed E-state index contributed by atoms with van der Waals surface area (Å²) < 4.78 is 36.3. The fraction of sp³-hybridized carbons (Fsp3) is 0.467. The summed E-state index contributed by atoms with van der Waals surface area (Å²) in [5.74, 6) is -0.987. The highest BCUT2D eigenvalue weighted by Crippen LogP contribution is 2.19. The molecular weight excluding hydrogens is 311 g/mol. The molecule has 0 radical (unpaired) electrons. The van der Waals surface area contributed by atoms with E-state index in [0.717, 1.165) is 6.42 Å². The van der Waals surface area contributed by atoms with Crippen molar-refractivity contribution in [3.63, 3.8) is 0 Å². The molecule has 0 saturated carbocycles. The number of carbonyl (C=O) groups is 2. The standard InChI is InChI=1S/C15H18F3N3O2/c16-15(17,18)10-19-13(22)9-21-8-4-7-12(21)14(23)20-11-5-2-1-3-6-11/h1-3,5-6,12H,4,7-10H2,(H,19,22)(H,20,23). The number of carbonyl (C=O) groups excluding carboxylic acids is 2. The molecule has 8 heteroatoms. The Balaban J connectivity index is 1.87. The van der Waals surface area contributed by atoms with Gasteiger partial charge < -0.3 is 10.6 Å². The van der Waals surface area contributed by atoms with Gasteiger partial charge in [0.25, 0.3) is 0 Å². The van der Waals surface area contributed by atoms with Crippen LogP contribution < -0.4 is 10.6 Å². The van der Waals surface area contributed by atoms with Crippen LogP contribution in [0.5, 0.6) is 0 Å². The Labute approximate surface area is 131 Å². The first-order chi connectivity index (χ1) is 10.8. The molecule has 2 amide bonds. The van der Waals surface area contributed by atoms with E-state index in [-0.39, 0.29) is 12.5 Å². The van der Waals surface area contributed by atoms with Gasteiger partial charge in [0.15, 0.2) is 0 Å². The van der Waals surface area contributed by atoms with Crippen molar-refractivity contribution in [2.45, 2.75) is 25.1 Å². The molecule has 1 heterocycles. The highest BCUT2D eigenvalue weighted by atomic mass is 19.4. The van der Waals surface area contributed by atoms with Crippen LogP contribution in [0.15, 0.2) is 30.3 Å². The van der Waals surface area contributed by atoms with Gasteiger partial charge in [-0.15, -0.1) is 0 Å². The number of alkyl halides is 3. The number of likely N-dealkylation sites (tertiary alicyclic amines) is 1. The van der Waals surface area contributed by atoms with Crippen molar-refractivity contribution < 1.29 is 22.8 Å². The monoisotopic (exact) mass is 329 g/mol. The summed E-state index contributed by atoms with van der Waals surface area (Å²) >= 11 is 0. The second-order valence-electron chi connectivity index (χ2n) is 5.38. The number of halogens is 3. The molecule has 1 unspecified atom stereocenters. The highest BCUT2D eigenvalue weighted by Gasteiger charge is 2.33. The van der Waals surface area contributed by atoms with Crippen LogP contribution in [0.4, 0.5) is 18.9 Å². The van der Waals surface area contributed by atoms with E-state index in [4.69, 9.17) is 0 Å². The third kappa shape index (κ3) is 5.55. The molecule has 1 fully saturated rings. The minimum atomic E-state index is -4.44. The molecule has 1 aliphatic rings. The smallest absolute Gasteiger partial charge is 0.346 e. The normalized spacial score (nSPS) is 18.7. The summed E-state index contributed by atoms with van der Waals surface area (Å²) in [5.41, 5.74) is 0.644. The van der Waals surface area contributed by atoms with Crippen LogP contribution in [-0.4, -0.2) is 48.6 Å². The molecule has 2 rings (SSSR count). The number of nitrogens with zero attached hydrogens (tertiary/aromatic N) is 1. The summed E-state index contributed by atoms with van der Waals surface area (Å²) in [7, 11) is 0. The zero-order valence-corrected chi connectivity index (χ0v) is 12.4. The van der Waals surface area contributed by atoms with Crippen molar-refractivity contribution >= 4 is 17.5 Å². The molecule has 1 saturated heterocycles. The Bertz CT molecular complexity index is 549. The summed E-state index contributed by atoms with van der Waals surface area (Å²) in [6, 6.07) is 8.37. The van der Waals surface area contributed by atoms with Gasteiger partial charge in [-0.2, -0.15) is 13.2 Å². The summed E-state index contributed by atoms with van der Waals surface area (Å²) in [5, 5.41) is 4.57. The molecule has 1 aliphatic heterocycles. The number of rotatable bonds is 5. The number of hydrogen-bond donors (Lipinski definition) is 2. The van der Waals surface area contributed by atoms with Crippen molar-refractivity contribution in [2.24, 2.45) is 0 Å². The lowest BCUT2D eigenvalue weighted by molar-refractivity contribution is -0.139. The van der Waals surface area contributed by atoms with E-state index in [1.54, 1.807) is 29.2 Å². The average molecular weight is 329 g/mol. The van der Waals surface area contributed by atoms with Crippen molar-refractivity contribution in [3.05, 3.63) is 30.3 Å². The number of nitrogens with one attached hydrogen (secondary N) is 2. The van der Waals surface area contributed by atoms with Crippen LogP contribution in [0.3, 0.4) is 0 Å².